The first-order chi connectivity index (χ1) is 12.1. The Morgan fingerprint density at radius 2 is 2.24 bits per heavy atom. The number of phenolic OH excluding ortho intramolecular Hbond substituents is 1. The van der Waals surface area contributed by atoms with Crippen LogP contribution >= 0.6 is 0 Å². The number of carbonyl (C=O) groups is 1. The number of aromatic hydroxyl groups is 1. The number of rotatable bonds is 4. The maximum Gasteiger partial charge on any atom is 0.317 e. The molecule has 25 heavy (non-hydrogen) atoms. The van der Waals surface area contributed by atoms with Crippen molar-refractivity contribution in [1.82, 2.24) is 10.2 Å². The van der Waals surface area contributed by atoms with Gasteiger partial charge in [0.05, 0.1) is 12.1 Å². The van der Waals surface area contributed by atoms with Gasteiger partial charge >= 0.3 is 6.03 Å². The lowest BCUT2D eigenvalue weighted by Crippen LogP contribution is -2.68. The van der Waals surface area contributed by atoms with Gasteiger partial charge in [-0.3, -0.25) is 0 Å². The van der Waals surface area contributed by atoms with Crippen LogP contribution < -0.4 is 5.32 Å². The van der Waals surface area contributed by atoms with Crippen LogP contribution in [-0.2, 0) is 11.2 Å². The van der Waals surface area contributed by atoms with Crippen molar-refractivity contribution in [2.24, 2.45) is 5.41 Å². The van der Waals surface area contributed by atoms with Crippen LogP contribution in [0.3, 0.4) is 0 Å². The van der Waals surface area contributed by atoms with Crippen LogP contribution in [0.2, 0.25) is 0 Å². The molecule has 0 bridgehead atoms. The molecule has 5 heteroatoms. The maximum atomic E-state index is 12.8. The fraction of sp³-hybridized carbons (Fsp3) is 0.650. The third-order valence-corrected chi connectivity index (χ3v) is 6.73. The summed E-state index contributed by atoms with van der Waals surface area (Å²) >= 11 is 0. The summed E-state index contributed by atoms with van der Waals surface area (Å²) in [6.07, 6.45) is 6.50. The Balaban J connectivity index is 1.42. The highest BCUT2D eigenvalue weighted by molar-refractivity contribution is 5.75. The number of hydrogen-bond donors (Lipinski definition) is 2. The third-order valence-electron chi connectivity index (χ3n) is 6.73. The molecule has 0 unspecified atom stereocenters. The van der Waals surface area contributed by atoms with Crippen molar-refractivity contribution >= 4 is 6.03 Å². The Bertz CT molecular complexity index is 671. The summed E-state index contributed by atoms with van der Waals surface area (Å²) in [6, 6.07) is 5.85. The summed E-state index contributed by atoms with van der Waals surface area (Å²) in [7, 11) is 1.92. The van der Waals surface area contributed by atoms with E-state index < -0.39 is 0 Å². The number of nitrogens with one attached hydrogen (secondary N) is 1. The SMILES string of the molecule is CCO[C@@H]1C[C@@H](N(C)C(=O)N[C@H]2CCc3c(O)cccc32)C12CCC2. The summed E-state index contributed by atoms with van der Waals surface area (Å²) in [6.45, 7) is 2.79. The van der Waals surface area contributed by atoms with Gasteiger partial charge in [0.2, 0.25) is 0 Å². The minimum Gasteiger partial charge on any atom is -0.508 e. The summed E-state index contributed by atoms with van der Waals surface area (Å²) in [4.78, 5) is 14.7. The number of hydrogen-bond acceptors (Lipinski definition) is 3. The van der Waals surface area contributed by atoms with Gasteiger partial charge in [-0.25, -0.2) is 4.79 Å². The van der Waals surface area contributed by atoms with Crippen molar-refractivity contribution in [3.05, 3.63) is 29.3 Å². The highest BCUT2D eigenvalue weighted by Gasteiger charge is 2.61. The lowest BCUT2D eigenvalue weighted by atomic mass is 9.50. The van der Waals surface area contributed by atoms with Gasteiger partial charge < -0.3 is 20.1 Å². The Kier molecular flexibility index (Phi) is 4.14. The van der Waals surface area contributed by atoms with E-state index in [0.29, 0.717) is 11.9 Å². The van der Waals surface area contributed by atoms with E-state index in [2.05, 4.69) is 5.32 Å². The van der Waals surface area contributed by atoms with Gasteiger partial charge in [-0.2, -0.15) is 0 Å². The average Bonchev–Trinajstić information content (AvgIpc) is 2.93. The molecule has 3 atom stereocenters. The molecule has 0 aliphatic heterocycles. The molecule has 136 valence electrons. The van der Waals surface area contributed by atoms with Gasteiger partial charge in [0, 0.05) is 25.1 Å². The second kappa shape index (κ2) is 6.20. The standard InChI is InChI=1S/C20H28N2O3/c1-3-25-18-12-17(20(18)10-5-11-20)22(2)19(24)21-15-9-8-14-13(15)6-4-7-16(14)23/h4,6-7,15,17-18,23H,3,5,8-12H2,1-2H3,(H,21,24)/t15-,17+,18+/m0/s1. The number of urea groups is 1. The van der Waals surface area contributed by atoms with Crippen LogP contribution in [0.15, 0.2) is 18.2 Å². The fourth-order valence-corrected chi connectivity index (χ4v) is 5.12. The van der Waals surface area contributed by atoms with Crippen LogP contribution in [0.1, 0.15) is 56.2 Å². The fourth-order valence-electron chi connectivity index (χ4n) is 5.12. The zero-order valence-corrected chi connectivity index (χ0v) is 15.1. The molecule has 0 aromatic heterocycles. The molecule has 2 N–H and O–H groups in total. The summed E-state index contributed by atoms with van der Waals surface area (Å²) in [5, 5.41) is 13.2. The molecule has 1 aromatic carbocycles. The number of nitrogens with zero attached hydrogens (tertiary/aromatic N) is 1. The van der Waals surface area contributed by atoms with Gasteiger partial charge in [-0.15, -0.1) is 0 Å². The predicted molar refractivity (Wildman–Crippen MR) is 95.6 cm³/mol. The number of fused-ring (bicyclic) bond motifs is 1. The molecule has 0 heterocycles. The Morgan fingerprint density at radius 3 is 2.92 bits per heavy atom. The molecule has 5 nitrogen and oxygen atoms in total. The molecule has 1 aromatic rings. The molecule has 1 spiro atoms. The van der Waals surface area contributed by atoms with Crippen molar-refractivity contribution in [3.63, 3.8) is 0 Å². The van der Waals surface area contributed by atoms with Crippen LogP contribution in [0.5, 0.6) is 5.75 Å². The van der Waals surface area contributed by atoms with Gasteiger partial charge in [-0.05, 0) is 56.2 Å². The average molecular weight is 344 g/mol. The molecule has 3 aliphatic carbocycles. The van der Waals surface area contributed by atoms with Gasteiger partial charge in [0.1, 0.15) is 5.75 Å². The number of benzene rings is 1. The smallest absolute Gasteiger partial charge is 0.317 e. The molecular weight excluding hydrogens is 316 g/mol. The van der Waals surface area contributed by atoms with Crippen molar-refractivity contribution < 1.29 is 14.6 Å². The zero-order chi connectivity index (χ0) is 17.6. The van der Waals surface area contributed by atoms with E-state index >= 15 is 0 Å². The van der Waals surface area contributed by atoms with Crippen molar-refractivity contribution in [3.8, 4) is 5.75 Å². The normalized spacial score (nSPS) is 28.8. The van der Waals surface area contributed by atoms with Crippen LogP contribution in [0, 0.1) is 5.41 Å². The lowest BCUT2D eigenvalue weighted by molar-refractivity contribution is -0.192. The van der Waals surface area contributed by atoms with Crippen LogP contribution in [-0.4, -0.2) is 41.8 Å². The molecule has 2 fully saturated rings. The van der Waals surface area contributed by atoms with E-state index in [1.807, 2.05) is 31.0 Å². The zero-order valence-electron chi connectivity index (χ0n) is 15.1. The lowest BCUT2D eigenvalue weighted by Gasteiger charge is -2.63. The largest absolute Gasteiger partial charge is 0.508 e. The summed E-state index contributed by atoms with van der Waals surface area (Å²) in [5.41, 5.74) is 2.22. The monoisotopic (exact) mass is 344 g/mol. The van der Waals surface area contributed by atoms with E-state index in [4.69, 9.17) is 4.74 Å². The van der Waals surface area contributed by atoms with E-state index in [9.17, 15) is 9.90 Å². The highest BCUT2D eigenvalue weighted by atomic mass is 16.5. The minimum absolute atomic E-state index is 0.00263. The first-order valence-corrected chi connectivity index (χ1v) is 9.52. The van der Waals surface area contributed by atoms with Crippen molar-refractivity contribution in [2.75, 3.05) is 13.7 Å². The van der Waals surface area contributed by atoms with Crippen LogP contribution in [0.4, 0.5) is 4.79 Å². The van der Waals surface area contributed by atoms with Gasteiger partial charge in [-0.1, -0.05) is 18.6 Å². The van der Waals surface area contributed by atoms with Gasteiger partial charge in [0.25, 0.3) is 0 Å². The third kappa shape index (κ3) is 2.51. The second-order valence-electron chi connectivity index (χ2n) is 7.78. The number of phenols is 1. The first-order valence-electron chi connectivity index (χ1n) is 9.52. The van der Waals surface area contributed by atoms with Gasteiger partial charge in [0.15, 0.2) is 0 Å². The minimum atomic E-state index is -0.00702. The molecule has 4 rings (SSSR count). The number of carbonyl (C=O) groups excluding carboxylic acids is 1. The number of amides is 2. The molecule has 2 amide bonds. The summed E-state index contributed by atoms with van der Waals surface area (Å²) in [5.74, 6) is 0.342. The van der Waals surface area contributed by atoms with E-state index in [1.165, 1.54) is 19.3 Å². The molecular formula is C20H28N2O3. The Morgan fingerprint density at radius 1 is 1.44 bits per heavy atom. The highest BCUT2D eigenvalue weighted by Crippen LogP contribution is 2.58. The molecule has 2 saturated carbocycles. The molecule has 3 aliphatic rings. The predicted octanol–water partition coefficient (Wildman–Crippen LogP) is 3.37. The Labute approximate surface area is 149 Å². The second-order valence-corrected chi connectivity index (χ2v) is 7.78. The van der Waals surface area contributed by atoms with Crippen LogP contribution in [0.25, 0.3) is 0 Å². The van der Waals surface area contributed by atoms with E-state index in [0.717, 1.165) is 37.0 Å². The molecule has 0 radical (unpaired) electrons. The first kappa shape index (κ1) is 16.7. The Hall–Kier alpha value is -1.75. The topological polar surface area (TPSA) is 61.8 Å². The van der Waals surface area contributed by atoms with Crippen molar-refractivity contribution in [2.45, 2.75) is 63.6 Å². The summed E-state index contributed by atoms with van der Waals surface area (Å²) < 4.78 is 5.90. The molecule has 0 saturated heterocycles. The quantitative estimate of drug-likeness (QED) is 0.880. The van der Waals surface area contributed by atoms with Crippen molar-refractivity contribution in [1.29, 1.82) is 0 Å². The van der Waals surface area contributed by atoms with E-state index in [-0.39, 0.29) is 23.5 Å². The van der Waals surface area contributed by atoms with E-state index in [1.54, 1.807) is 6.07 Å². The maximum absolute atomic E-state index is 12.8. The number of ether oxygens (including phenoxy) is 1.